The van der Waals surface area contributed by atoms with E-state index in [0.29, 0.717) is 6.54 Å². The van der Waals surface area contributed by atoms with Crippen LogP contribution in [0.1, 0.15) is 29.7 Å². The van der Waals surface area contributed by atoms with Crippen molar-refractivity contribution in [1.82, 2.24) is 20.0 Å². The number of hydrogen-bond donors (Lipinski definition) is 1. The van der Waals surface area contributed by atoms with Gasteiger partial charge >= 0.3 is 0 Å². The van der Waals surface area contributed by atoms with Gasteiger partial charge in [0.15, 0.2) is 0 Å². The first kappa shape index (κ1) is 20.6. The van der Waals surface area contributed by atoms with Crippen LogP contribution in [0.3, 0.4) is 0 Å². The highest BCUT2D eigenvalue weighted by Crippen LogP contribution is 2.18. The summed E-state index contributed by atoms with van der Waals surface area (Å²) >= 11 is 0. The van der Waals surface area contributed by atoms with Crippen LogP contribution in [0.2, 0.25) is 0 Å². The first-order valence-corrected chi connectivity index (χ1v) is 9.88. The molecule has 29 heavy (non-hydrogen) atoms. The molecule has 0 aliphatic heterocycles. The van der Waals surface area contributed by atoms with E-state index < -0.39 is 0 Å². The number of carbonyl (C=O) groups excluding carboxylic acids is 1. The molecule has 0 fully saturated rings. The van der Waals surface area contributed by atoms with Crippen LogP contribution >= 0.6 is 0 Å². The van der Waals surface area contributed by atoms with Crippen molar-refractivity contribution < 1.29 is 4.79 Å². The van der Waals surface area contributed by atoms with Crippen molar-refractivity contribution in [2.24, 2.45) is 0 Å². The van der Waals surface area contributed by atoms with Crippen LogP contribution in [-0.2, 0) is 11.2 Å². The summed E-state index contributed by atoms with van der Waals surface area (Å²) in [5.41, 5.74) is 4.37. The molecule has 3 rings (SSSR count). The number of hydrogen-bond acceptors (Lipinski definition) is 3. The average Bonchev–Trinajstić information content (AvgIpc) is 3.22. The third kappa shape index (κ3) is 5.65. The van der Waals surface area contributed by atoms with Gasteiger partial charge in [0.25, 0.3) is 0 Å². The molecular formula is C24H28N4O. The van der Waals surface area contributed by atoms with E-state index in [1.165, 1.54) is 11.1 Å². The smallest absolute Gasteiger partial charge is 0.244 e. The SMILES string of the molecule is CCc1ccc(C(CNC(=O)C=Cc2cnn(-c3ccccc3)c2)N(C)C)cc1. The number of amides is 1. The lowest BCUT2D eigenvalue weighted by Gasteiger charge is -2.25. The molecule has 150 valence electrons. The maximum absolute atomic E-state index is 12.3. The highest BCUT2D eigenvalue weighted by Gasteiger charge is 2.14. The Morgan fingerprint density at radius 3 is 2.52 bits per heavy atom. The third-order valence-electron chi connectivity index (χ3n) is 4.92. The van der Waals surface area contributed by atoms with Gasteiger partial charge in [-0.1, -0.05) is 49.4 Å². The van der Waals surface area contributed by atoms with E-state index in [1.807, 2.05) is 50.6 Å². The quantitative estimate of drug-likeness (QED) is 0.596. The molecule has 0 saturated heterocycles. The number of benzene rings is 2. The molecular weight excluding hydrogens is 360 g/mol. The van der Waals surface area contributed by atoms with Gasteiger partial charge in [-0.2, -0.15) is 5.10 Å². The number of likely N-dealkylation sites (N-methyl/N-ethyl adjacent to an activating group) is 1. The summed E-state index contributed by atoms with van der Waals surface area (Å²) in [5, 5.41) is 7.35. The lowest BCUT2D eigenvalue weighted by molar-refractivity contribution is -0.116. The predicted molar refractivity (Wildman–Crippen MR) is 118 cm³/mol. The van der Waals surface area contributed by atoms with Gasteiger partial charge in [-0.15, -0.1) is 0 Å². The zero-order valence-electron chi connectivity index (χ0n) is 17.2. The van der Waals surface area contributed by atoms with Crippen LogP contribution in [0.4, 0.5) is 0 Å². The minimum absolute atomic E-state index is 0.116. The minimum atomic E-state index is -0.116. The summed E-state index contributed by atoms with van der Waals surface area (Å²) in [4.78, 5) is 14.4. The van der Waals surface area contributed by atoms with Crippen LogP contribution in [-0.4, -0.2) is 41.2 Å². The van der Waals surface area contributed by atoms with E-state index >= 15 is 0 Å². The molecule has 1 N–H and O–H groups in total. The first-order chi connectivity index (χ1) is 14.1. The maximum Gasteiger partial charge on any atom is 0.244 e. The Balaban J connectivity index is 1.58. The van der Waals surface area contributed by atoms with Crippen LogP contribution in [0.5, 0.6) is 0 Å². The summed E-state index contributed by atoms with van der Waals surface area (Å²) in [6, 6.07) is 18.6. The van der Waals surface area contributed by atoms with E-state index in [1.54, 1.807) is 23.0 Å². The lowest BCUT2D eigenvalue weighted by atomic mass is 10.0. The minimum Gasteiger partial charge on any atom is -0.351 e. The monoisotopic (exact) mass is 388 g/mol. The van der Waals surface area contributed by atoms with Gasteiger partial charge < -0.3 is 10.2 Å². The van der Waals surface area contributed by atoms with Crippen molar-refractivity contribution in [3.8, 4) is 5.69 Å². The molecule has 0 spiro atoms. The Morgan fingerprint density at radius 2 is 1.86 bits per heavy atom. The molecule has 0 aliphatic rings. The predicted octanol–water partition coefficient (Wildman–Crippen LogP) is 3.87. The molecule has 5 nitrogen and oxygen atoms in total. The number of nitrogens with one attached hydrogen (secondary N) is 1. The zero-order chi connectivity index (χ0) is 20.6. The standard InChI is InChI=1S/C24H28N4O/c1-4-19-10-13-21(14-11-19)23(27(2)3)17-25-24(29)15-12-20-16-26-28(18-20)22-8-6-5-7-9-22/h5-16,18,23H,4,17H2,1-3H3,(H,25,29). The number of carbonyl (C=O) groups is 1. The fourth-order valence-corrected chi connectivity index (χ4v) is 3.15. The molecule has 1 unspecified atom stereocenters. The van der Waals surface area contributed by atoms with Crippen molar-refractivity contribution >= 4 is 12.0 Å². The molecule has 0 saturated carbocycles. The van der Waals surface area contributed by atoms with Gasteiger partial charge in [0.2, 0.25) is 5.91 Å². The Morgan fingerprint density at radius 1 is 1.14 bits per heavy atom. The van der Waals surface area contributed by atoms with E-state index in [-0.39, 0.29) is 11.9 Å². The fourth-order valence-electron chi connectivity index (χ4n) is 3.15. The Labute approximate surface area is 172 Å². The first-order valence-electron chi connectivity index (χ1n) is 9.88. The van der Waals surface area contributed by atoms with Gasteiger partial charge in [0.1, 0.15) is 0 Å². The molecule has 2 aromatic carbocycles. The summed E-state index contributed by atoms with van der Waals surface area (Å²) in [6.45, 7) is 2.69. The van der Waals surface area contributed by atoms with Gasteiger partial charge in [0.05, 0.1) is 17.9 Å². The summed E-state index contributed by atoms with van der Waals surface area (Å²) in [7, 11) is 4.05. The van der Waals surface area contributed by atoms with Gasteiger partial charge in [-0.3, -0.25) is 4.79 Å². The van der Waals surface area contributed by atoms with Crippen molar-refractivity contribution in [1.29, 1.82) is 0 Å². The van der Waals surface area contributed by atoms with E-state index in [0.717, 1.165) is 17.7 Å². The normalized spacial score (nSPS) is 12.4. The van der Waals surface area contributed by atoms with Crippen molar-refractivity contribution in [2.45, 2.75) is 19.4 Å². The number of nitrogens with zero attached hydrogens (tertiary/aromatic N) is 3. The van der Waals surface area contributed by atoms with Crippen molar-refractivity contribution in [2.75, 3.05) is 20.6 Å². The van der Waals surface area contributed by atoms with Gasteiger partial charge in [0, 0.05) is 24.4 Å². The lowest BCUT2D eigenvalue weighted by Crippen LogP contribution is -2.33. The van der Waals surface area contributed by atoms with Crippen LogP contribution < -0.4 is 5.32 Å². The molecule has 1 amide bonds. The second kappa shape index (κ2) is 9.85. The second-order valence-corrected chi connectivity index (χ2v) is 7.21. The molecule has 3 aromatic rings. The zero-order valence-corrected chi connectivity index (χ0v) is 17.2. The van der Waals surface area contributed by atoms with E-state index in [4.69, 9.17) is 0 Å². The van der Waals surface area contributed by atoms with Crippen LogP contribution in [0.25, 0.3) is 11.8 Å². The molecule has 1 aromatic heterocycles. The van der Waals surface area contributed by atoms with Crippen molar-refractivity contribution in [3.63, 3.8) is 0 Å². The maximum atomic E-state index is 12.3. The highest BCUT2D eigenvalue weighted by atomic mass is 16.1. The number of rotatable bonds is 8. The Kier molecular flexibility index (Phi) is 6.98. The number of para-hydroxylation sites is 1. The molecule has 1 heterocycles. The topological polar surface area (TPSA) is 50.2 Å². The average molecular weight is 389 g/mol. The second-order valence-electron chi connectivity index (χ2n) is 7.21. The van der Waals surface area contributed by atoms with Crippen molar-refractivity contribution in [3.05, 3.63) is 89.8 Å². The Bertz CT molecular complexity index is 943. The number of aromatic nitrogens is 2. The van der Waals surface area contributed by atoms with E-state index in [9.17, 15) is 4.79 Å². The third-order valence-corrected chi connectivity index (χ3v) is 4.92. The molecule has 5 heteroatoms. The summed E-state index contributed by atoms with van der Waals surface area (Å²) in [6.07, 6.45) is 8.00. The molecule has 0 bridgehead atoms. The molecule has 0 aliphatic carbocycles. The Hall–Kier alpha value is -3.18. The summed E-state index contributed by atoms with van der Waals surface area (Å²) in [5.74, 6) is -0.116. The summed E-state index contributed by atoms with van der Waals surface area (Å²) < 4.78 is 1.79. The van der Waals surface area contributed by atoms with Crippen LogP contribution in [0, 0.1) is 0 Å². The fraction of sp³-hybridized carbons (Fsp3) is 0.250. The number of aryl methyl sites for hydroxylation is 1. The largest absolute Gasteiger partial charge is 0.351 e. The molecule has 0 radical (unpaired) electrons. The van der Waals surface area contributed by atoms with E-state index in [2.05, 4.69) is 46.5 Å². The highest BCUT2D eigenvalue weighted by molar-refractivity contribution is 5.91. The van der Waals surface area contributed by atoms with Gasteiger partial charge in [-0.05, 0) is 49.9 Å². The van der Waals surface area contributed by atoms with Gasteiger partial charge in [-0.25, -0.2) is 4.68 Å². The van der Waals surface area contributed by atoms with Crippen LogP contribution in [0.15, 0.2) is 73.1 Å². The molecule has 1 atom stereocenters.